The number of carbonyl (C=O) groups is 1. The van der Waals surface area contributed by atoms with Crippen LogP contribution in [-0.2, 0) is 11.3 Å². The van der Waals surface area contributed by atoms with Crippen molar-refractivity contribution in [2.24, 2.45) is 0 Å². The predicted octanol–water partition coefficient (Wildman–Crippen LogP) is 1.56. The quantitative estimate of drug-likeness (QED) is 0.421. The second-order valence-corrected chi connectivity index (χ2v) is 3.97. The Kier molecular flexibility index (Phi) is 5.74. The van der Waals surface area contributed by atoms with E-state index in [-0.39, 0.29) is 12.1 Å². The van der Waals surface area contributed by atoms with E-state index in [9.17, 15) is 14.9 Å². The first-order valence-corrected chi connectivity index (χ1v) is 5.78. The third-order valence-electron chi connectivity index (χ3n) is 2.47. The highest BCUT2D eigenvalue weighted by Crippen LogP contribution is 2.22. The Morgan fingerprint density at radius 3 is 2.79 bits per heavy atom. The van der Waals surface area contributed by atoms with E-state index in [2.05, 4.69) is 5.32 Å². The first-order chi connectivity index (χ1) is 9.02. The lowest BCUT2D eigenvalue weighted by atomic mass is 10.2. The van der Waals surface area contributed by atoms with Gasteiger partial charge in [0, 0.05) is 19.0 Å². The molecule has 0 saturated carbocycles. The van der Waals surface area contributed by atoms with E-state index in [0.29, 0.717) is 25.3 Å². The number of hydrogen-bond acceptors (Lipinski definition) is 5. The van der Waals surface area contributed by atoms with Crippen LogP contribution < -0.4 is 10.1 Å². The predicted molar refractivity (Wildman–Crippen MR) is 68.2 cm³/mol. The van der Waals surface area contributed by atoms with E-state index in [1.54, 1.807) is 6.07 Å². The second kappa shape index (κ2) is 7.32. The van der Waals surface area contributed by atoms with E-state index in [0.717, 1.165) is 5.56 Å². The number of non-ortho nitro benzene ring substituents is 1. The molecule has 1 rings (SSSR count). The lowest BCUT2D eigenvalue weighted by Crippen LogP contribution is -2.15. The SMILES string of the molecule is COc1cc(CNCCCC(=O)O)cc([N+](=O)[O-])c1. The van der Waals surface area contributed by atoms with Crippen molar-refractivity contribution in [1.82, 2.24) is 5.32 Å². The number of nitrogens with one attached hydrogen (secondary N) is 1. The fraction of sp³-hybridized carbons (Fsp3) is 0.417. The van der Waals surface area contributed by atoms with Gasteiger partial charge in [0.25, 0.3) is 5.69 Å². The monoisotopic (exact) mass is 268 g/mol. The molecule has 0 unspecified atom stereocenters. The van der Waals surface area contributed by atoms with Crippen LogP contribution in [0.3, 0.4) is 0 Å². The average Bonchev–Trinajstić information content (AvgIpc) is 2.37. The summed E-state index contributed by atoms with van der Waals surface area (Å²) in [6.07, 6.45) is 0.618. The Morgan fingerprint density at radius 2 is 2.21 bits per heavy atom. The van der Waals surface area contributed by atoms with Gasteiger partial charge in [-0.15, -0.1) is 0 Å². The molecule has 0 aliphatic heterocycles. The van der Waals surface area contributed by atoms with E-state index in [1.165, 1.54) is 19.2 Å². The van der Waals surface area contributed by atoms with Crippen molar-refractivity contribution >= 4 is 11.7 Å². The fourth-order valence-electron chi connectivity index (χ4n) is 1.57. The molecule has 7 heteroatoms. The van der Waals surface area contributed by atoms with E-state index in [4.69, 9.17) is 9.84 Å². The molecular formula is C12H16N2O5. The molecule has 19 heavy (non-hydrogen) atoms. The standard InChI is InChI=1S/C12H16N2O5/c1-19-11-6-9(5-10(7-11)14(17)18)8-13-4-2-3-12(15)16/h5-7,13H,2-4,8H2,1H3,(H,15,16). The molecule has 1 aromatic carbocycles. The molecular weight excluding hydrogens is 252 g/mol. The normalized spacial score (nSPS) is 10.2. The second-order valence-electron chi connectivity index (χ2n) is 3.97. The van der Waals surface area contributed by atoms with Gasteiger partial charge in [-0.3, -0.25) is 14.9 Å². The molecule has 104 valence electrons. The van der Waals surface area contributed by atoms with E-state index >= 15 is 0 Å². The molecule has 1 aromatic rings. The summed E-state index contributed by atoms with van der Waals surface area (Å²) in [5, 5.41) is 22.2. The average molecular weight is 268 g/mol. The van der Waals surface area contributed by atoms with Crippen molar-refractivity contribution in [2.75, 3.05) is 13.7 Å². The van der Waals surface area contributed by atoms with Gasteiger partial charge in [0.2, 0.25) is 0 Å². The number of hydrogen-bond donors (Lipinski definition) is 2. The molecule has 0 atom stereocenters. The summed E-state index contributed by atoms with van der Waals surface area (Å²) >= 11 is 0. The molecule has 0 radical (unpaired) electrons. The van der Waals surface area contributed by atoms with Gasteiger partial charge in [0.15, 0.2) is 0 Å². The zero-order valence-electron chi connectivity index (χ0n) is 10.6. The van der Waals surface area contributed by atoms with Crippen molar-refractivity contribution in [3.05, 3.63) is 33.9 Å². The number of rotatable bonds is 8. The van der Waals surface area contributed by atoms with Gasteiger partial charge in [0.05, 0.1) is 18.1 Å². The van der Waals surface area contributed by atoms with E-state index < -0.39 is 10.9 Å². The van der Waals surface area contributed by atoms with Crippen molar-refractivity contribution in [3.63, 3.8) is 0 Å². The van der Waals surface area contributed by atoms with Crippen molar-refractivity contribution < 1.29 is 19.6 Å². The summed E-state index contributed by atoms with van der Waals surface area (Å²) in [7, 11) is 1.45. The Bertz CT molecular complexity index is 461. The number of methoxy groups -OCH3 is 1. The summed E-state index contributed by atoms with van der Waals surface area (Å²) < 4.78 is 4.99. The maximum atomic E-state index is 10.7. The molecule has 0 bridgehead atoms. The smallest absolute Gasteiger partial charge is 0.303 e. The molecule has 0 spiro atoms. The minimum atomic E-state index is -0.834. The largest absolute Gasteiger partial charge is 0.496 e. The Hall–Kier alpha value is -2.15. The summed E-state index contributed by atoms with van der Waals surface area (Å²) in [5.74, 6) is -0.407. The van der Waals surface area contributed by atoms with Crippen LogP contribution in [0.4, 0.5) is 5.69 Å². The summed E-state index contributed by atoms with van der Waals surface area (Å²) in [6.45, 7) is 0.967. The number of benzene rings is 1. The molecule has 0 aromatic heterocycles. The van der Waals surface area contributed by atoms with Gasteiger partial charge < -0.3 is 15.2 Å². The molecule has 0 heterocycles. The van der Waals surface area contributed by atoms with Crippen LogP contribution in [0.5, 0.6) is 5.75 Å². The maximum absolute atomic E-state index is 10.7. The maximum Gasteiger partial charge on any atom is 0.303 e. The number of carboxylic acid groups (broad SMARTS) is 1. The first-order valence-electron chi connectivity index (χ1n) is 5.78. The highest BCUT2D eigenvalue weighted by molar-refractivity contribution is 5.66. The number of nitro benzene ring substituents is 1. The number of aliphatic carboxylic acids is 1. The third kappa shape index (κ3) is 5.35. The van der Waals surface area contributed by atoms with Crippen LogP contribution in [0.15, 0.2) is 18.2 Å². The minimum Gasteiger partial charge on any atom is -0.496 e. The highest BCUT2D eigenvalue weighted by atomic mass is 16.6. The third-order valence-corrected chi connectivity index (χ3v) is 2.47. The van der Waals surface area contributed by atoms with Crippen LogP contribution in [0.1, 0.15) is 18.4 Å². The number of ether oxygens (including phenoxy) is 1. The van der Waals surface area contributed by atoms with Gasteiger partial charge in [0.1, 0.15) is 5.75 Å². The minimum absolute atomic E-state index is 0.0262. The van der Waals surface area contributed by atoms with Crippen molar-refractivity contribution in [1.29, 1.82) is 0 Å². The molecule has 0 saturated heterocycles. The van der Waals surface area contributed by atoms with Crippen molar-refractivity contribution in [2.45, 2.75) is 19.4 Å². The molecule has 0 aliphatic carbocycles. The van der Waals surface area contributed by atoms with Crippen LogP contribution in [0.2, 0.25) is 0 Å². The van der Waals surface area contributed by atoms with Crippen molar-refractivity contribution in [3.8, 4) is 5.75 Å². The molecule has 2 N–H and O–H groups in total. The van der Waals surface area contributed by atoms with Gasteiger partial charge in [-0.1, -0.05) is 0 Å². The Balaban J connectivity index is 2.55. The van der Waals surface area contributed by atoms with Crippen LogP contribution in [0, 0.1) is 10.1 Å². The number of carboxylic acids is 1. The topological polar surface area (TPSA) is 102 Å². The van der Waals surface area contributed by atoms with E-state index in [1.807, 2.05) is 0 Å². The lowest BCUT2D eigenvalue weighted by Gasteiger charge is -2.06. The van der Waals surface area contributed by atoms with Crippen LogP contribution >= 0.6 is 0 Å². The Morgan fingerprint density at radius 1 is 1.47 bits per heavy atom. The van der Waals surface area contributed by atoms with Crippen LogP contribution in [-0.4, -0.2) is 29.7 Å². The fourth-order valence-corrected chi connectivity index (χ4v) is 1.57. The zero-order chi connectivity index (χ0) is 14.3. The van der Waals surface area contributed by atoms with Gasteiger partial charge in [-0.25, -0.2) is 0 Å². The van der Waals surface area contributed by atoms with Gasteiger partial charge in [-0.2, -0.15) is 0 Å². The van der Waals surface area contributed by atoms with Gasteiger partial charge >= 0.3 is 5.97 Å². The summed E-state index contributed by atoms with van der Waals surface area (Å²) in [6, 6.07) is 4.53. The first kappa shape index (κ1) is 14.9. The summed E-state index contributed by atoms with van der Waals surface area (Å²) in [4.78, 5) is 20.6. The number of nitro groups is 1. The molecule has 0 fully saturated rings. The van der Waals surface area contributed by atoms with Gasteiger partial charge in [-0.05, 0) is 24.6 Å². The summed E-state index contributed by atoms with van der Waals surface area (Å²) in [5.41, 5.74) is 0.697. The number of nitrogens with zero attached hydrogens (tertiary/aromatic N) is 1. The molecule has 0 amide bonds. The Labute approximate surface area is 110 Å². The lowest BCUT2D eigenvalue weighted by molar-refractivity contribution is -0.385. The highest BCUT2D eigenvalue weighted by Gasteiger charge is 2.09. The molecule has 7 nitrogen and oxygen atoms in total. The molecule has 0 aliphatic rings. The van der Waals surface area contributed by atoms with Crippen LogP contribution in [0.25, 0.3) is 0 Å². The zero-order valence-corrected chi connectivity index (χ0v) is 10.6.